The number of benzene rings is 2. The Balaban J connectivity index is 1.74. The van der Waals surface area contributed by atoms with E-state index in [4.69, 9.17) is 9.16 Å². The maximum Gasteiger partial charge on any atom is 0.261 e. The van der Waals surface area contributed by atoms with Gasteiger partial charge in [-0.1, -0.05) is 93.6 Å². The molecule has 0 saturated carbocycles. The van der Waals surface area contributed by atoms with Gasteiger partial charge in [0.1, 0.15) is 0 Å². The molecule has 0 radical (unpaired) electrons. The van der Waals surface area contributed by atoms with E-state index in [2.05, 4.69) is 93.6 Å². The average Bonchev–Trinajstić information content (AvgIpc) is 3.30. The van der Waals surface area contributed by atoms with Crippen molar-refractivity contribution in [3.63, 3.8) is 0 Å². The normalized spacial score (nSPS) is 27.3. The highest BCUT2D eigenvalue weighted by Crippen LogP contribution is 2.43. The quantitative estimate of drug-likeness (QED) is 0.587. The molecule has 3 nitrogen and oxygen atoms in total. The highest BCUT2D eigenvalue weighted by atomic mass is 28.4. The first-order valence-corrected chi connectivity index (χ1v) is 12.5. The number of hydrogen-bond acceptors (Lipinski definition) is 3. The maximum absolute atomic E-state index is 10.4. The van der Waals surface area contributed by atoms with E-state index in [9.17, 15) is 5.11 Å². The van der Waals surface area contributed by atoms with Crippen LogP contribution in [0.5, 0.6) is 0 Å². The lowest BCUT2D eigenvalue weighted by molar-refractivity contribution is 0.0599. The first kappa shape index (κ1) is 20.5. The summed E-state index contributed by atoms with van der Waals surface area (Å²) in [5, 5.41) is 12.9. The first-order valence-electron chi connectivity index (χ1n) is 10.6. The predicted molar refractivity (Wildman–Crippen MR) is 120 cm³/mol. The molecule has 1 N–H and O–H groups in total. The fraction of sp³-hybridized carbons (Fsp3) is 0.440. The zero-order chi connectivity index (χ0) is 20.6. The Morgan fingerprint density at radius 2 is 1.45 bits per heavy atom. The largest absolute Gasteiger partial charge is 0.407 e. The van der Waals surface area contributed by atoms with Crippen LogP contribution >= 0.6 is 0 Å². The van der Waals surface area contributed by atoms with Crippen LogP contribution < -0.4 is 10.4 Å². The van der Waals surface area contributed by atoms with E-state index in [-0.39, 0.29) is 29.1 Å². The summed E-state index contributed by atoms with van der Waals surface area (Å²) in [4.78, 5) is 0. The molecule has 5 unspecified atom stereocenters. The number of aliphatic hydroxyl groups is 1. The summed E-state index contributed by atoms with van der Waals surface area (Å²) in [7, 11) is -2.57. The number of rotatable bonds is 6. The van der Waals surface area contributed by atoms with Crippen LogP contribution in [0.25, 0.3) is 0 Å². The van der Waals surface area contributed by atoms with Crippen LogP contribution in [-0.4, -0.2) is 38.3 Å². The Morgan fingerprint density at radius 3 is 1.93 bits per heavy atom. The van der Waals surface area contributed by atoms with E-state index in [1.807, 2.05) is 6.92 Å². The summed E-state index contributed by atoms with van der Waals surface area (Å²) in [6.45, 7) is 9.35. The molecule has 29 heavy (non-hydrogen) atoms. The molecule has 4 heteroatoms. The lowest BCUT2D eigenvalue weighted by Crippen LogP contribution is -2.67. The van der Waals surface area contributed by atoms with Gasteiger partial charge in [-0.2, -0.15) is 0 Å². The van der Waals surface area contributed by atoms with Gasteiger partial charge in [-0.15, -0.1) is 0 Å². The standard InChI is InChI=1S/C25H32O3Si/c1-18(26)24-21(22-15-16-23(24)28-22)17-27-29(25(2,3)4,19-11-7-5-8-12-19)20-13-9-6-10-14-20/h5-16,18,21-24,26H,17H2,1-4H3. The third kappa shape index (κ3) is 3.53. The van der Waals surface area contributed by atoms with E-state index in [0.717, 1.165) is 0 Å². The molecule has 154 valence electrons. The van der Waals surface area contributed by atoms with Gasteiger partial charge in [-0.05, 0) is 22.3 Å². The molecule has 2 heterocycles. The number of ether oxygens (including phenoxy) is 1. The molecular weight excluding hydrogens is 376 g/mol. The van der Waals surface area contributed by atoms with Crippen LogP contribution in [-0.2, 0) is 9.16 Å². The van der Waals surface area contributed by atoms with Crippen LogP contribution in [0.1, 0.15) is 27.7 Å². The second-order valence-electron chi connectivity index (χ2n) is 9.41. The SMILES string of the molecule is CC(O)C1C2C=CC(O2)C1CO[Si](c1ccccc1)(c1ccccc1)C(C)(C)C. The van der Waals surface area contributed by atoms with Crippen molar-refractivity contribution in [1.82, 2.24) is 0 Å². The van der Waals surface area contributed by atoms with Gasteiger partial charge in [0, 0.05) is 18.4 Å². The van der Waals surface area contributed by atoms with Gasteiger partial charge in [0.2, 0.25) is 0 Å². The number of hydrogen-bond donors (Lipinski definition) is 1. The Hall–Kier alpha value is -1.72. The minimum atomic E-state index is -2.57. The fourth-order valence-electron chi connectivity index (χ4n) is 5.24. The Bertz CT molecular complexity index is 802. The van der Waals surface area contributed by atoms with Crippen molar-refractivity contribution in [2.24, 2.45) is 11.8 Å². The molecule has 0 amide bonds. The number of aliphatic hydroxyl groups excluding tert-OH is 1. The van der Waals surface area contributed by atoms with Gasteiger partial charge >= 0.3 is 0 Å². The van der Waals surface area contributed by atoms with Crippen LogP contribution in [0.15, 0.2) is 72.8 Å². The minimum absolute atomic E-state index is 0.00718. The zero-order valence-corrected chi connectivity index (χ0v) is 18.8. The van der Waals surface area contributed by atoms with Crippen LogP contribution in [0, 0.1) is 11.8 Å². The van der Waals surface area contributed by atoms with Gasteiger partial charge in [-0.25, -0.2) is 0 Å². The topological polar surface area (TPSA) is 38.7 Å². The van der Waals surface area contributed by atoms with Crippen LogP contribution in [0.3, 0.4) is 0 Å². The minimum Gasteiger partial charge on any atom is -0.407 e. The average molecular weight is 409 g/mol. The Morgan fingerprint density at radius 1 is 0.931 bits per heavy atom. The molecule has 2 aromatic carbocycles. The molecule has 1 fully saturated rings. The molecular formula is C25H32O3Si. The van der Waals surface area contributed by atoms with Crippen molar-refractivity contribution < 1.29 is 14.3 Å². The third-order valence-electron chi connectivity index (χ3n) is 6.57. The summed E-state index contributed by atoms with van der Waals surface area (Å²) in [5.74, 6) is 0.259. The summed E-state index contributed by atoms with van der Waals surface area (Å²) in [5.41, 5.74) is 0. The highest BCUT2D eigenvalue weighted by Gasteiger charge is 2.53. The summed E-state index contributed by atoms with van der Waals surface area (Å²) >= 11 is 0. The smallest absolute Gasteiger partial charge is 0.261 e. The van der Waals surface area contributed by atoms with E-state index in [1.54, 1.807) is 0 Å². The molecule has 4 rings (SSSR count). The van der Waals surface area contributed by atoms with Gasteiger partial charge in [0.15, 0.2) is 0 Å². The number of fused-ring (bicyclic) bond motifs is 2. The highest BCUT2D eigenvalue weighted by molar-refractivity contribution is 6.99. The van der Waals surface area contributed by atoms with Crippen LogP contribution in [0.4, 0.5) is 0 Å². The Labute approximate surface area is 175 Å². The molecule has 0 aliphatic carbocycles. The second-order valence-corrected chi connectivity index (χ2v) is 13.7. The lowest BCUT2D eigenvalue weighted by Gasteiger charge is -2.44. The summed E-state index contributed by atoms with van der Waals surface area (Å²) in [6.07, 6.45) is 3.87. The van der Waals surface area contributed by atoms with Gasteiger partial charge in [-0.3, -0.25) is 0 Å². The maximum atomic E-state index is 10.4. The fourth-order valence-corrected chi connectivity index (χ4v) is 9.84. The zero-order valence-electron chi connectivity index (χ0n) is 17.8. The van der Waals surface area contributed by atoms with Crippen molar-refractivity contribution in [3.05, 3.63) is 72.8 Å². The summed E-state index contributed by atoms with van der Waals surface area (Å²) in [6, 6.07) is 21.4. The molecule has 5 atom stereocenters. The predicted octanol–water partition coefficient (Wildman–Crippen LogP) is 3.51. The summed E-state index contributed by atoms with van der Waals surface area (Å²) < 4.78 is 13.2. The Kier molecular flexibility index (Phi) is 5.55. The third-order valence-corrected chi connectivity index (χ3v) is 11.6. The molecule has 2 aliphatic heterocycles. The van der Waals surface area contributed by atoms with Crippen molar-refractivity contribution in [1.29, 1.82) is 0 Å². The lowest BCUT2D eigenvalue weighted by atomic mass is 9.80. The van der Waals surface area contributed by atoms with E-state index >= 15 is 0 Å². The van der Waals surface area contributed by atoms with E-state index in [0.29, 0.717) is 6.61 Å². The monoisotopic (exact) mass is 408 g/mol. The van der Waals surface area contributed by atoms with Gasteiger partial charge in [0.25, 0.3) is 8.32 Å². The van der Waals surface area contributed by atoms with Crippen LogP contribution in [0.2, 0.25) is 5.04 Å². The second kappa shape index (κ2) is 7.84. The molecule has 2 aromatic rings. The molecule has 2 bridgehead atoms. The van der Waals surface area contributed by atoms with Gasteiger partial charge in [0.05, 0.1) is 18.3 Å². The van der Waals surface area contributed by atoms with E-state index < -0.39 is 14.4 Å². The van der Waals surface area contributed by atoms with Crippen molar-refractivity contribution >= 4 is 18.7 Å². The molecule has 1 saturated heterocycles. The van der Waals surface area contributed by atoms with Crippen molar-refractivity contribution in [2.75, 3.05) is 6.61 Å². The van der Waals surface area contributed by atoms with Crippen molar-refractivity contribution in [3.8, 4) is 0 Å². The van der Waals surface area contributed by atoms with Crippen molar-refractivity contribution in [2.45, 2.75) is 51.0 Å². The molecule has 2 aliphatic rings. The molecule has 0 aromatic heterocycles. The van der Waals surface area contributed by atoms with Gasteiger partial charge < -0.3 is 14.3 Å². The first-order chi connectivity index (χ1) is 13.8. The molecule has 0 spiro atoms. The van der Waals surface area contributed by atoms with E-state index in [1.165, 1.54) is 10.4 Å².